The normalized spacial score (nSPS) is 20.8. The molecule has 0 unspecified atom stereocenters. The van der Waals surface area contributed by atoms with Gasteiger partial charge in [0.25, 0.3) is 0 Å². The summed E-state index contributed by atoms with van der Waals surface area (Å²) < 4.78 is 3.33. The average Bonchev–Trinajstić information content (AvgIpc) is 3.11. The Balaban J connectivity index is 1.44. The number of carbonyl (C=O) groups is 1. The van der Waals surface area contributed by atoms with Gasteiger partial charge < -0.3 is 9.47 Å². The predicted molar refractivity (Wildman–Crippen MR) is 101 cm³/mol. The lowest BCUT2D eigenvalue weighted by atomic mass is 10.1. The molecule has 1 amide bonds. The van der Waals surface area contributed by atoms with Crippen LogP contribution in [0.1, 0.15) is 19.3 Å². The number of amides is 1. The summed E-state index contributed by atoms with van der Waals surface area (Å²) in [5.41, 5.74) is 0. The monoisotopic (exact) mass is 371 g/mol. The lowest BCUT2D eigenvalue weighted by Crippen LogP contribution is -2.27. The summed E-state index contributed by atoms with van der Waals surface area (Å²) in [6, 6.07) is 8.69. The Hall–Kier alpha value is -1.85. The minimum atomic E-state index is 0.314. The molecule has 4 nitrogen and oxygen atoms in total. The number of hydrogen-bond acceptors (Lipinski definition) is 3. The molecule has 5 rings (SSSR count). The van der Waals surface area contributed by atoms with Crippen molar-refractivity contribution in [3.63, 3.8) is 0 Å². The van der Waals surface area contributed by atoms with Crippen LogP contribution in [0.15, 0.2) is 36.7 Å². The van der Waals surface area contributed by atoms with Crippen molar-refractivity contribution in [1.29, 1.82) is 0 Å². The minimum Gasteiger partial charge on any atom is -0.339 e. The number of rotatable bonds is 4. The smallest absolute Gasteiger partial charge is 0.223 e. The van der Waals surface area contributed by atoms with Crippen molar-refractivity contribution >= 4 is 38.9 Å². The van der Waals surface area contributed by atoms with E-state index in [1.54, 1.807) is 11.3 Å². The molecule has 1 aromatic carbocycles. The number of halogens is 1. The van der Waals surface area contributed by atoms with Gasteiger partial charge in [-0.2, -0.15) is 0 Å². The molecular formula is C19H18ClN3OS. The third-order valence-corrected chi connectivity index (χ3v) is 6.81. The minimum absolute atomic E-state index is 0.314. The Morgan fingerprint density at radius 2 is 2.12 bits per heavy atom. The number of aromatic nitrogens is 2. The fraction of sp³-hybridized carbons (Fsp3) is 0.368. The van der Waals surface area contributed by atoms with Crippen LogP contribution in [0.25, 0.3) is 20.8 Å². The van der Waals surface area contributed by atoms with Crippen molar-refractivity contribution in [2.75, 3.05) is 6.54 Å². The zero-order valence-electron chi connectivity index (χ0n) is 13.7. The van der Waals surface area contributed by atoms with E-state index in [0.717, 1.165) is 34.2 Å². The van der Waals surface area contributed by atoms with E-state index in [-0.39, 0.29) is 0 Å². The van der Waals surface area contributed by atoms with E-state index in [2.05, 4.69) is 20.5 Å². The number of likely N-dealkylation sites (tertiary alicyclic amines) is 1. The molecule has 2 aromatic heterocycles. The Morgan fingerprint density at radius 1 is 1.28 bits per heavy atom. The summed E-state index contributed by atoms with van der Waals surface area (Å²) >= 11 is 8.31. The molecule has 1 aliphatic heterocycles. The Labute approximate surface area is 155 Å². The topological polar surface area (TPSA) is 38.1 Å². The molecular weight excluding hydrogens is 354 g/mol. The van der Waals surface area contributed by atoms with Gasteiger partial charge in [-0.1, -0.05) is 29.8 Å². The summed E-state index contributed by atoms with van der Waals surface area (Å²) in [6.45, 7) is 1.69. The standard InChI is InChI=1S/C19H18ClN3OS/c20-17-14-3-1-2-4-15(14)25-18(17)19-21-7-8-22(19)10-12-9-16(24)23(11-12)13-5-6-13/h1-4,7-8,12-13H,5-6,9-11H2/t12-/m1/s1. The molecule has 1 saturated heterocycles. The van der Waals surface area contributed by atoms with Crippen molar-refractivity contribution in [2.24, 2.45) is 5.92 Å². The molecule has 2 aliphatic rings. The van der Waals surface area contributed by atoms with Gasteiger partial charge in [0, 0.05) is 53.9 Å². The number of benzene rings is 1. The second kappa shape index (κ2) is 5.85. The van der Waals surface area contributed by atoms with Crippen LogP contribution in [0.2, 0.25) is 5.02 Å². The summed E-state index contributed by atoms with van der Waals surface area (Å²) in [5, 5.41) is 1.85. The second-order valence-corrected chi connectivity index (χ2v) is 8.42. The zero-order valence-corrected chi connectivity index (χ0v) is 15.3. The maximum absolute atomic E-state index is 12.2. The largest absolute Gasteiger partial charge is 0.339 e. The van der Waals surface area contributed by atoms with Gasteiger partial charge in [-0.25, -0.2) is 4.98 Å². The number of hydrogen-bond donors (Lipinski definition) is 0. The lowest BCUT2D eigenvalue weighted by Gasteiger charge is -2.16. The number of thiophene rings is 1. The van der Waals surface area contributed by atoms with Crippen LogP contribution >= 0.6 is 22.9 Å². The summed E-state index contributed by atoms with van der Waals surface area (Å²) in [6.07, 6.45) is 6.82. The van der Waals surface area contributed by atoms with E-state index in [1.807, 2.05) is 30.6 Å². The highest BCUT2D eigenvalue weighted by Gasteiger charge is 2.39. The molecule has 1 saturated carbocycles. The first kappa shape index (κ1) is 15.4. The van der Waals surface area contributed by atoms with Crippen molar-refractivity contribution in [3.8, 4) is 10.7 Å². The van der Waals surface area contributed by atoms with Crippen molar-refractivity contribution < 1.29 is 4.79 Å². The van der Waals surface area contributed by atoms with Crippen molar-refractivity contribution in [3.05, 3.63) is 41.7 Å². The summed E-state index contributed by atoms with van der Waals surface area (Å²) in [4.78, 5) is 19.9. The first-order chi connectivity index (χ1) is 12.2. The SMILES string of the molecule is O=C1C[C@H](Cn2ccnc2-c2sc3ccccc3c2Cl)CN1C1CC1. The van der Waals surface area contributed by atoms with Crippen LogP contribution in [0.3, 0.4) is 0 Å². The van der Waals surface area contributed by atoms with Crippen molar-refractivity contribution in [2.45, 2.75) is 31.8 Å². The molecule has 3 aromatic rings. The van der Waals surface area contributed by atoms with E-state index in [0.29, 0.717) is 24.3 Å². The fourth-order valence-electron chi connectivity index (χ4n) is 3.77. The molecule has 2 fully saturated rings. The molecule has 0 N–H and O–H groups in total. The number of imidazole rings is 1. The third-order valence-electron chi connectivity index (χ3n) is 5.13. The summed E-state index contributed by atoms with van der Waals surface area (Å²) in [5.74, 6) is 1.58. The summed E-state index contributed by atoms with van der Waals surface area (Å²) in [7, 11) is 0. The van der Waals surface area contributed by atoms with Gasteiger partial charge in [0.05, 0.1) is 9.90 Å². The van der Waals surface area contributed by atoms with Crippen LogP contribution in [0, 0.1) is 5.92 Å². The van der Waals surface area contributed by atoms with E-state index < -0.39 is 0 Å². The van der Waals surface area contributed by atoms with Gasteiger partial charge in [-0.05, 0) is 18.9 Å². The van der Waals surface area contributed by atoms with E-state index >= 15 is 0 Å². The Bertz CT molecular complexity index is 959. The number of nitrogens with zero attached hydrogens (tertiary/aromatic N) is 3. The zero-order chi connectivity index (χ0) is 17.0. The van der Waals surface area contributed by atoms with E-state index in [4.69, 9.17) is 11.6 Å². The molecule has 128 valence electrons. The molecule has 0 spiro atoms. The first-order valence-corrected chi connectivity index (χ1v) is 9.88. The molecule has 1 aliphatic carbocycles. The number of carbonyl (C=O) groups excluding carboxylic acids is 1. The molecule has 6 heteroatoms. The van der Waals surface area contributed by atoms with Crippen LogP contribution in [-0.2, 0) is 11.3 Å². The molecule has 0 radical (unpaired) electrons. The number of fused-ring (bicyclic) bond motifs is 1. The Kier molecular flexibility index (Phi) is 3.61. The highest BCUT2D eigenvalue weighted by molar-refractivity contribution is 7.23. The van der Waals surface area contributed by atoms with Gasteiger partial charge in [0.1, 0.15) is 0 Å². The maximum Gasteiger partial charge on any atom is 0.223 e. The highest BCUT2D eigenvalue weighted by atomic mass is 35.5. The molecule has 3 heterocycles. The van der Waals surface area contributed by atoms with Crippen LogP contribution in [0.5, 0.6) is 0 Å². The van der Waals surface area contributed by atoms with Gasteiger partial charge in [-0.3, -0.25) is 4.79 Å². The Morgan fingerprint density at radius 3 is 2.92 bits per heavy atom. The van der Waals surface area contributed by atoms with Gasteiger partial charge in [-0.15, -0.1) is 11.3 Å². The van der Waals surface area contributed by atoms with Crippen LogP contribution in [0.4, 0.5) is 0 Å². The lowest BCUT2D eigenvalue weighted by molar-refractivity contribution is -0.128. The maximum atomic E-state index is 12.2. The first-order valence-electron chi connectivity index (χ1n) is 8.68. The van der Waals surface area contributed by atoms with Crippen LogP contribution < -0.4 is 0 Å². The molecule has 0 bridgehead atoms. The quantitative estimate of drug-likeness (QED) is 0.680. The van der Waals surface area contributed by atoms with E-state index in [9.17, 15) is 4.79 Å². The molecule has 25 heavy (non-hydrogen) atoms. The average molecular weight is 372 g/mol. The third kappa shape index (κ3) is 2.66. The van der Waals surface area contributed by atoms with Gasteiger partial charge >= 0.3 is 0 Å². The predicted octanol–water partition coefficient (Wildman–Crippen LogP) is 4.43. The van der Waals surface area contributed by atoms with Crippen LogP contribution in [-0.4, -0.2) is 32.9 Å². The molecule has 1 atom stereocenters. The second-order valence-electron chi connectivity index (χ2n) is 6.99. The highest BCUT2D eigenvalue weighted by Crippen LogP contribution is 2.41. The fourth-order valence-corrected chi connectivity index (χ4v) is 5.30. The van der Waals surface area contributed by atoms with Gasteiger partial charge in [0.2, 0.25) is 5.91 Å². The van der Waals surface area contributed by atoms with E-state index in [1.165, 1.54) is 17.5 Å². The van der Waals surface area contributed by atoms with Gasteiger partial charge in [0.15, 0.2) is 5.82 Å². The van der Waals surface area contributed by atoms with Crippen molar-refractivity contribution in [1.82, 2.24) is 14.5 Å².